The van der Waals surface area contributed by atoms with E-state index in [0.717, 1.165) is 42.2 Å². The lowest BCUT2D eigenvalue weighted by atomic mass is 10.2. The van der Waals surface area contributed by atoms with E-state index in [1.54, 1.807) is 29.9 Å². The summed E-state index contributed by atoms with van der Waals surface area (Å²) in [6.07, 6.45) is 12.8. The summed E-state index contributed by atoms with van der Waals surface area (Å²) < 4.78 is 8.15. The fourth-order valence-electron chi connectivity index (χ4n) is 6.11. The summed E-state index contributed by atoms with van der Waals surface area (Å²) in [5.41, 5.74) is 6.24. The van der Waals surface area contributed by atoms with Gasteiger partial charge in [-0.2, -0.15) is 14.6 Å². The van der Waals surface area contributed by atoms with Gasteiger partial charge in [-0.3, -0.25) is 15.6 Å². The predicted octanol–water partition coefficient (Wildman–Crippen LogP) is 5.30. The van der Waals surface area contributed by atoms with Crippen LogP contribution in [-0.4, -0.2) is 49.7 Å². The van der Waals surface area contributed by atoms with Crippen LogP contribution in [0.3, 0.4) is 0 Å². The van der Waals surface area contributed by atoms with Gasteiger partial charge in [0.1, 0.15) is 10.8 Å². The highest BCUT2D eigenvalue weighted by Crippen LogP contribution is 3.12. The second-order valence-corrected chi connectivity index (χ2v) is 16.3. The SMILES string of the molecule is c1c[nH]c(C2=C(c3ccn[nH]3)NN(c3ccc[nH]3)S2(c2ccsn2)(c2ccn[nH]2)(c2ncc[nH]2)c2nccs2)c1. The molecule has 0 aromatic carbocycles. The van der Waals surface area contributed by atoms with Crippen LogP contribution in [-0.2, 0) is 0 Å². The Morgan fingerprint density at radius 1 is 0.750 bits per heavy atom. The highest BCUT2D eigenvalue weighted by Gasteiger charge is 2.83. The number of imidazole rings is 1. The van der Waals surface area contributed by atoms with Gasteiger partial charge >= 0.3 is 0 Å². The third-order valence-corrected chi connectivity index (χ3v) is 17.6. The highest BCUT2D eigenvalue weighted by atomic mass is 32.4. The molecular formula is C25H22N12S3. The Kier molecular flexibility index (Phi) is 4.52. The molecule has 12 nitrogen and oxygen atoms in total. The van der Waals surface area contributed by atoms with Crippen LogP contribution in [0.1, 0.15) is 11.4 Å². The van der Waals surface area contributed by atoms with E-state index >= 15 is 0 Å². The number of nitrogens with zero attached hydrogens (tertiary/aromatic N) is 6. The molecule has 1 aliphatic rings. The molecule has 0 unspecified atom stereocenters. The molecule has 0 saturated carbocycles. The lowest BCUT2D eigenvalue weighted by Crippen LogP contribution is -2.55. The summed E-state index contributed by atoms with van der Waals surface area (Å²) in [7, 11) is -4.96. The molecule has 1 aliphatic heterocycles. The largest absolute Gasteiger partial charge is 0.361 e. The number of hydrogen-bond acceptors (Lipinski definition) is 9. The smallest absolute Gasteiger partial charge is 0.170 e. The summed E-state index contributed by atoms with van der Waals surface area (Å²) in [6.45, 7) is 0. The molecule has 0 bridgehead atoms. The zero-order valence-corrected chi connectivity index (χ0v) is 23.1. The first-order valence-corrected chi connectivity index (χ1v) is 16.3. The van der Waals surface area contributed by atoms with Gasteiger partial charge in [0.05, 0.1) is 27.0 Å². The summed E-state index contributed by atoms with van der Waals surface area (Å²) in [5, 5.41) is 21.6. The topological polar surface area (TPSA) is 159 Å². The van der Waals surface area contributed by atoms with E-state index < -0.39 is 8.48 Å². The second-order valence-electron chi connectivity index (χ2n) is 9.15. The predicted molar refractivity (Wildman–Crippen MR) is 155 cm³/mol. The van der Waals surface area contributed by atoms with Crippen LogP contribution in [0, 0.1) is 0 Å². The van der Waals surface area contributed by atoms with Crippen molar-refractivity contribution in [2.75, 3.05) is 4.41 Å². The molecule has 0 radical (unpaired) electrons. The lowest BCUT2D eigenvalue weighted by molar-refractivity contribution is 0.848. The van der Waals surface area contributed by atoms with E-state index in [9.17, 15) is 0 Å². The van der Waals surface area contributed by atoms with Gasteiger partial charge < -0.3 is 15.0 Å². The Morgan fingerprint density at radius 2 is 1.65 bits per heavy atom. The van der Waals surface area contributed by atoms with Crippen LogP contribution >= 0.6 is 31.3 Å². The van der Waals surface area contributed by atoms with Crippen molar-refractivity contribution in [1.82, 2.24) is 55.1 Å². The maximum Gasteiger partial charge on any atom is 0.170 e. The van der Waals surface area contributed by atoms with Crippen molar-refractivity contribution in [3.05, 3.63) is 108 Å². The van der Waals surface area contributed by atoms with Crippen molar-refractivity contribution in [1.29, 1.82) is 0 Å². The fourth-order valence-corrected chi connectivity index (χ4v) is 17.3. The summed E-state index contributed by atoms with van der Waals surface area (Å²) in [6, 6.07) is 14.0. The van der Waals surface area contributed by atoms with Gasteiger partial charge in [-0.15, -0.1) is 11.3 Å². The number of nitrogens with one attached hydrogen (secondary N) is 6. The van der Waals surface area contributed by atoms with Crippen molar-refractivity contribution < 1.29 is 0 Å². The van der Waals surface area contributed by atoms with E-state index in [0.29, 0.717) is 5.16 Å². The number of hydrogen-bond donors (Lipinski definition) is 6. The normalized spacial score (nSPS) is 19.1. The van der Waals surface area contributed by atoms with Crippen LogP contribution in [0.15, 0.2) is 116 Å². The second kappa shape index (κ2) is 7.84. The molecule has 8 heterocycles. The summed E-state index contributed by atoms with van der Waals surface area (Å²) in [5.74, 6) is 0.773. The van der Waals surface area contributed by atoms with E-state index in [4.69, 9.17) is 14.3 Å². The van der Waals surface area contributed by atoms with Gasteiger partial charge in [-0.1, -0.05) is 0 Å². The van der Waals surface area contributed by atoms with Gasteiger partial charge in [-0.25, -0.2) is 14.4 Å². The number of hydrazine groups is 1. The molecule has 0 amide bonds. The molecule has 8 rings (SSSR count). The van der Waals surface area contributed by atoms with Gasteiger partial charge in [-0.05, 0) is 62.5 Å². The van der Waals surface area contributed by atoms with Crippen LogP contribution in [0.5, 0.6) is 0 Å². The van der Waals surface area contributed by atoms with E-state index in [1.807, 2.05) is 65.9 Å². The third-order valence-electron chi connectivity index (χ3n) is 7.53. The number of aromatic amines is 5. The number of aromatic nitrogens is 10. The van der Waals surface area contributed by atoms with Crippen molar-refractivity contribution in [3.63, 3.8) is 0 Å². The molecule has 0 saturated heterocycles. The first-order chi connectivity index (χ1) is 19.8. The van der Waals surface area contributed by atoms with Gasteiger partial charge in [0.15, 0.2) is 9.50 Å². The molecule has 6 N–H and O–H groups in total. The van der Waals surface area contributed by atoms with Crippen LogP contribution < -0.4 is 9.84 Å². The molecule has 0 fully saturated rings. The molecule has 0 aliphatic carbocycles. The van der Waals surface area contributed by atoms with Crippen LogP contribution in [0.25, 0.3) is 10.6 Å². The first kappa shape index (κ1) is 23.1. The van der Waals surface area contributed by atoms with Crippen LogP contribution in [0.4, 0.5) is 5.82 Å². The molecule has 0 atom stereocenters. The average Bonchev–Trinajstić information content (AvgIpc) is 3.84. The first-order valence-electron chi connectivity index (χ1n) is 12.2. The standard InChI is InChI=1S/C25H22N12S3/c1-3-18(26-8-1)23-22(17-5-10-31-33-17)35-37(19-4-2-9-27-19)40(23,20-6-11-32-34-20,21-7-15-39-36-21,24-28-12-13-29-24)25-30-14-16-38-25/h1-16,26-27,35H,(H,28,29)(H,31,33)(H,32,34). The molecule has 15 heteroatoms. The highest BCUT2D eigenvalue weighted by molar-refractivity contribution is 8.72. The fraction of sp³-hybridized carbons (Fsp3) is 0. The minimum absolute atomic E-state index is 0.645. The number of rotatable bonds is 7. The quantitative estimate of drug-likeness (QED) is 0.148. The zero-order valence-electron chi connectivity index (χ0n) is 20.6. The number of anilines is 1. The van der Waals surface area contributed by atoms with E-state index in [2.05, 4.69) is 57.3 Å². The number of thiazole rings is 1. The average molecular weight is 587 g/mol. The Labute approximate surface area is 234 Å². The third kappa shape index (κ3) is 2.22. The van der Waals surface area contributed by atoms with Gasteiger partial charge in [0.25, 0.3) is 0 Å². The Bertz CT molecular complexity index is 1750. The molecule has 40 heavy (non-hydrogen) atoms. The van der Waals surface area contributed by atoms with Gasteiger partial charge in [0, 0.05) is 54.1 Å². The molecule has 7 aromatic rings. The van der Waals surface area contributed by atoms with E-state index in [-0.39, 0.29) is 0 Å². The number of H-pyrrole nitrogens is 5. The van der Waals surface area contributed by atoms with Crippen molar-refractivity contribution in [3.8, 4) is 0 Å². The maximum absolute atomic E-state index is 5.20. The van der Waals surface area contributed by atoms with Crippen molar-refractivity contribution >= 4 is 47.8 Å². The zero-order chi connectivity index (χ0) is 26.7. The molecule has 0 spiro atoms. The Balaban J connectivity index is 1.80. The van der Waals surface area contributed by atoms with E-state index in [1.165, 1.54) is 11.5 Å². The van der Waals surface area contributed by atoms with Crippen molar-refractivity contribution in [2.24, 2.45) is 0 Å². The minimum Gasteiger partial charge on any atom is -0.361 e. The Hall–Kier alpha value is -4.86. The van der Waals surface area contributed by atoms with Gasteiger partial charge in [0.2, 0.25) is 0 Å². The lowest BCUT2D eigenvalue weighted by Gasteiger charge is -2.75. The monoisotopic (exact) mass is 586 g/mol. The molecule has 7 aromatic heterocycles. The molecular weight excluding hydrogens is 565 g/mol. The molecule has 200 valence electrons. The minimum atomic E-state index is -4.96. The summed E-state index contributed by atoms with van der Waals surface area (Å²) in [4.78, 5) is 21.8. The van der Waals surface area contributed by atoms with Crippen LogP contribution in [0.2, 0.25) is 0 Å². The maximum atomic E-state index is 5.20. The van der Waals surface area contributed by atoms with Crippen molar-refractivity contribution in [2.45, 2.75) is 19.5 Å². The Morgan fingerprint density at radius 3 is 2.30 bits per heavy atom. The summed E-state index contributed by atoms with van der Waals surface area (Å²) >= 11 is 2.92.